The number of methoxy groups -OCH3 is 1. The van der Waals surface area contributed by atoms with Crippen LogP contribution in [0.25, 0.3) is 15.9 Å². The number of carbonyl (C=O) groups excluding carboxylic acids is 1. The Hall–Kier alpha value is -2.83. The molecule has 7 heteroatoms. The molecular weight excluding hydrogens is 406 g/mol. The standard InChI is InChI=1S/C22H20ClN3O2S/c1-12-6-5-7-15(8-12)26-22-16(14(3)25-26)10-20(29-22)21(27)24-18-9-13(2)17(23)11-19(18)28-4/h5-11H,1-4H3,(H,24,27). The Labute approximate surface area is 177 Å². The number of hydrogen-bond donors (Lipinski definition) is 1. The van der Waals surface area contributed by atoms with Crippen molar-refractivity contribution in [2.45, 2.75) is 20.8 Å². The van der Waals surface area contributed by atoms with E-state index in [4.69, 9.17) is 16.3 Å². The first kappa shape index (κ1) is 19.5. The molecule has 0 bridgehead atoms. The third-order valence-corrected chi connectivity index (χ3v) is 6.26. The molecule has 2 aromatic carbocycles. The summed E-state index contributed by atoms with van der Waals surface area (Å²) in [5.74, 6) is 0.332. The van der Waals surface area contributed by atoms with Crippen LogP contribution in [0.15, 0.2) is 42.5 Å². The summed E-state index contributed by atoms with van der Waals surface area (Å²) in [6, 6.07) is 13.5. The van der Waals surface area contributed by atoms with Crippen LogP contribution in [0.1, 0.15) is 26.5 Å². The zero-order valence-corrected chi connectivity index (χ0v) is 18.1. The molecule has 0 aliphatic rings. The van der Waals surface area contributed by atoms with Crippen molar-refractivity contribution in [3.8, 4) is 11.4 Å². The Kier molecular flexibility index (Phi) is 5.06. The highest BCUT2D eigenvalue weighted by molar-refractivity contribution is 7.20. The number of anilines is 1. The minimum absolute atomic E-state index is 0.193. The van der Waals surface area contributed by atoms with E-state index in [1.807, 2.05) is 55.8 Å². The van der Waals surface area contributed by atoms with E-state index in [0.717, 1.165) is 32.7 Å². The maximum absolute atomic E-state index is 12.9. The number of nitrogens with zero attached hydrogens (tertiary/aromatic N) is 2. The summed E-state index contributed by atoms with van der Waals surface area (Å²) >= 11 is 7.58. The summed E-state index contributed by atoms with van der Waals surface area (Å²) < 4.78 is 7.25. The lowest BCUT2D eigenvalue weighted by molar-refractivity contribution is 0.103. The summed E-state index contributed by atoms with van der Waals surface area (Å²) in [6.45, 7) is 5.89. The van der Waals surface area contributed by atoms with Crippen molar-refractivity contribution in [2.24, 2.45) is 0 Å². The Morgan fingerprint density at radius 2 is 1.97 bits per heavy atom. The van der Waals surface area contributed by atoms with Gasteiger partial charge < -0.3 is 10.1 Å². The van der Waals surface area contributed by atoms with E-state index in [9.17, 15) is 4.79 Å². The number of aryl methyl sites for hydroxylation is 3. The molecule has 0 aliphatic carbocycles. The molecule has 0 aliphatic heterocycles. The van der Waals surface area contributed by atoms with Crippen LogP contribution in [-0.4, -0.2) is 22.8 Å². The Morgan fingerprint density at radius 1 is 1.17 bits per heavy atom. The molecular formula is C22H20ClN3O2S. The van der Waals surface area contributed by atoms with Crippen molar-refractivity contribution in [3.05, 3.63) is 69.2 Å². The number of carbonyl (C=O) groups is 1. The number of nitrogens with one attached hydrogen (secondary N) is 1. The normalized spacial score (nSPS) is 11.1. The topological polar surface area (TPSA) is 56.1 Å². The second kappa shape index (κ2) is 7.54. The zero-order valence-electron chi connectivity index (χ0n) is 16.5. The Balaban J connectivity index is 1.71. The average Bonchev–Trinajstić information content (AvgIpc) is 3.25. The van der Waals surface area contributed by atoms with Gasteiger partial charge in [-0.05, 0) is 56.2 Å². The molecule has 4 rings (SSSR count). The number of benzene rings is 2. The largest absolute Gasteiger partial charge is 0.495 e. The molecule has 148 valence electrons. The molecule has 1 N–H and O–H groups in total. The Bertz CT molecular complexity index is 1240. The van der Waals surface area contributed by atoms with E-state index in [-0.39, 0.29) is 5.91 Å². The van der Waals surface area contributed by atoms with Crippen LogP contribution >= 0.6 is 22.9 Å². The first-order chi connectivity index (χ1) is 13.9. The van der Waals surface area contributed by atoms with E-state index in [0.29, 0.717) is 21.3 Å². The van der Waals surface area contributed by atoms with Gasteiger partial charge in [0.2, 0.25) is 0 Å². The van der Waals surface area contributed by atoms with Crippen molar-refractivity contribution in [1.82, 2.24) is 9.78 Å². The molecule has 1 amide bonds. The molecule has 4 aromatic rings. The average molecular weight is 426 g/mol. The summed E-state index contributed by atoms with van der Waals surface area (Å²) in [7, 11) is 1.55. The predicted octanol–water partition coefficient (Wildman–Crippen LogP) is 5.93. The number of aromatic nitrogens is 2. The van der Waals surface area contributed by atoms with Crippen molar-refractivity contribution in [2.75, 3.05) is 12.4 Å². The smallest absolute Gasteiger partial charge is 0.265 e. The highest BCUT2D eigenvalue weighted by Crippen LogP contribution is 2.34. The monoisotopic (exact) mass is 425 g/mol. The number of thiophene rings is 1. The minimum Gasteiger partial charge on any atom is -0.495 e. The summed E-state index contributed by atoms with van der Waals surface area (Å²) in [5, 5.41) is 9.16. The highest BCUT2D eigenvalue weighted by Gasteiger charge is 2.19. The van der Waals surface area contributed by atoms with E-state index in [1.165, 1.54) is 11.3 Å². The molecule has 0 atom stereocenters. The lowest BCUT2D eigenvalue weighted by atomic mass is 10.2. The lowest BCUT2D eigenvalue weighted by Crippen LogP contribution is -2.11. The van der Waals surface area contributed by atoms with Gasteiger partial charge in [-0.3, -0.25) is 4.79 Å². The summed E-state index contributed by atoms with van der Waals surface area (Å²) in [6.07, 6.45) is 0. The van der Waals surface area contributed by atoms with Crippen LogP contribution in [0.2, 0.25) is 5.02 Å². The third kappa shape index (κ3) is 3.61. The SMILES string of the molecule is COc1cc(Cl)c(C)cc1NC(=O)c1cc2c(C)nn(-c3cccc(C)c3)c2s1. The van der Waals surface area contributed by atoms with Gasteiger partial charge in [-0.15, -0.1) is 11.3 Å². The second-order valence-electron chi connectivity index (χ2n) is 6.92. The van der Waals surface area contributed by atoms with Crippen molar-refractivity contribution >= 4 is 44.7 Å². The van der Waals surface area contributed by atoms with Crippen molar-refractivity contribution in [3.63, 3.8) is 0 Å². The molecule has 29 heavy (non-hydrogen) atoms. The van der Waals surface area contributed by atoms with Gasteiger partial charge in [0.25, 0.3) is 5.91 Å². The number of hydrogen-bond acceptors (Lipinski definition) is 4. The van der Waals surface area contributed by atoms with Gasteiger partial charge in [-0.2, -0.15) is 5.10 Å². The van der Waals surface area contributed by atoms with Crippen LogP contribution in [0.3, 0.4) is 0 Å². The third-order valence-electron chi connectivity index (χ3n) is 4.74. The van der Waals surface area contributed by atoms with Gasteiger partial charge in [-0.1, -0.05) is 23.7 Å². The first-order valence-electron chi connectivity index (χ1n) is 9.09. The molecule has 2 aromatic heterocycles. The van der Waals surface area contributed by atoms with Gasteiger partial charge in [0.15, 0.2) is 0 Å². The van der Waals surface area contributed by atoms with Crippen LogP contribution in [0, 0.1) is 20.8 Å². The molecule has 0 spiro atoms. The lowest BCUT2D eigenvalue weighted by Gasteiger charge is -2.11. The van der Waals surface area contributed by atoms with E-state index >= 15 is 0 Å². The Morgan fingerprint density at radius 3 is 2.69 bits per heavy atom. The quantitative estimate of drug-likeness (QED) is 0.441. The molecule has 0 saturated heterocycles. The fourth-order valence-electron chi connectivity index (χ4n) is 3.21. The predicted molar refractivity (Wildman–Crippen MR) is 119 cm³/mol. The second-order valence-corrected chi connectivity index (χ2v) is 8.36. The van der Waals surface area contributed by atoms with Crippen molar-refractivity contribution in [1.29, 1.82) is 0 Å². The number of halogens is 1. The number of rotatable bonds is 4. The van der Waals surface area contributed by atoms with E-state index in [2.05, 4.69) is 16.5 Å². The molecule has 5 nitrogen and oxygen atoms in total. The van der Waals surface area contributed by atoms with Gasteiger partial charge in [-0.25, -0.2) is 4.68 Å². The summed E-state index contributed by atoms with van der Waals surface area (Å²) in [4.78, 5) is 14.5. The van der Waals surface area contributed by atoms with Gasteiger partial charge in [0.05, 0.1) is 29.1 Å². The van der Waals surface area contributed by atoms with Gasteiger partial charge in [0, 0.05) is 16.5 Å². The highest BCUT2D eigenvalue weighted by atomic mass is 35.5. The van der Waals surface area contributed by atoms with Crippen LogP contribution in [-0.2, 0) is 0 Å². The van der Waals surface area contributed by atoms with Crippen LogP contribution in [0.5, 0.6) is 5.75 Å². The van der Waals surface area contributed by atoms with E-state index in [1.54, 1.807) is 13.2 Å². The summed E-state index contributed by atoms with van der Waals surface area (Å²) in [5.41, 5.74) is 4.48. The minimum atomic E-state index is -0.193. The molecule has 0 unspecified atom stereocenters. The fraction of sp³-hybridized carbons (Fsp3) is 0.182. The number of fused-ring (bicyclic) bond motifs is 1. The van der Waals surface area contributed by atoms with Gasteiger partial charge in [0.1, 0.15) is 10.6 Å². The van der Waals surface area contributed by atoms with Gasteiger partial charge >= 0.3 is 0 Å². The fourth-order valence-corrected chi connectivity index (χ4v) is 4.44. The number of ether oxygens (including phenoxy) is 1. The molecule has 0 radical (unpaired) electrons. The maximum atomic E-state index is 12.9. The van der Waals surface area contributed by atoms with Crippen molar-refractivity contribution < 1.29 is 9.53 Å². The maximum Gasteiger partial charge on any atom is 0.265 e. The van der Waals surface area contributed by atoms with Crippen LogP contribution in [0.4, 0.5) is 5.69 Å². The molecule has 0 fully saturated rings. The zero-order chi connectivity index (χ0) is 20.7. The van der Waals surface area contributed by atoms with E-state index < -0.39 is 0 Å². The first-order valence-corrected chi connectivity index (χ1v) is 10.3. The molecule has 2 heterocycles. The van der Waals surface area contributed by atoms with Crippen LogP contribution < -0.4 is 10.1 Å². The number of amides is 1. The molecule has 0 saturated carbocycles.